The molecule has 0 unspecified atom stereocenters. The van der Waals surface area contributed by atoms with E-state index >= 15 is 0 Å². The summed E-state index contributed by atoms with van der Waals surface area (Å²) in [5.41, 5.74) is 6.06. The van der Waals surface area contributed by atoms with Gasteiger partial charge in [-0.2, -0.15) is 0 Å². The maximum absolute atomic E-state index is 12.5. The van der Waals surface area contributed by atoms with E-state index in [9.17, 15) is 24.6 Å². The molecular weight excluding hydrogens is 715 g/mol. The quantitative estimate of drug-likeness (QED) is 0.0205. The van der Waals surface area contributed by atoms with Crippen LogP contribution in [0.25, 0.3) is 0 Å². The molecule has 0 aliphatic carbocycles. The highest BCUT2D eigenvalue weighted by atomic mass is 32.2. The number of allylic oxidation sites excluding steroid dienone is 7. The Labute approximate surface area is 339 Å². The van der Waals surface area contributed by atoms with Crippen LogP contribution in [0.4, 0.5) is 0 Å². The third-order valence-electron chi connectivity index (χ3n) is 9.24. The van der Waals surface area contributed by atoms with Crippen LogP contribution in [0.1, 0.15) is 168 Å². The second-order valence-electron chi connectivity index (χ2n) is 15.2. The van der Waals surface area contributed by atoms with Gasteiger partial charge in [-0.15, -0.1) is 11.8 Å². The molecule has 0 fully saturated rings. The van der Waals surface area contributed by atoms with Crippen molar-refractivity contribution >= 4 is 29.7 Å². The molecule has 0 saturated heterocycles. The fraction of sp³-hybridized carbons (Fsp3) is 0.756. The molecule has 0 aromatic carbocycles. The van der Waals surface area contributed by atoms with Crippen molar-refractivity contribution in [2.45, 2.75) is 192 Å². The lowest BCUT2D eigenvalue weighted by molar-refractivity contribution is -0.153. The van der Waals surface area contributed by atoms with E-state index in [1.807, 2.05) is 30.4 Å². The molecule has 10 heteroatoms. The topological polar surface area (TPSA) is 156 Å². The van der Waals surface area contributed by atoms with E-state index in [4.69, 9.17) is 20.3 Å². The Morgan fingerprint density at radius 1 is 0.673 bits per heavy atom. The molecule has 0 aromatic rings. The van der Waals surface area contributed by atoms with Crippen LogP contribution in [0.3, 0.4) is 0 Å². The van der Waals surface area contributed by atoms with E-state index in [2.05, 4.69) is 39.0 Å². The van der Waals surface area contributed by atoms with Gasteiger partial charge < -0.3 is 30.5 Å². The molecule has 0 spiro atoms. The van der Waals surface area contributed by atoms with Crippen LogP contribution in [0.15, 0.2) is 48.6 Å². The van der Waals surface area contributed by atoms with Gasteiger partial charge in [0.25, 0.3) is 0 Å². The van der Waals surface area contributed by atoms with Gasteiger partial charge in [0.2, 0.25) is 0 Å². The lowest BCUT2D eigenvalue weighted by Gasteiger charge is -2.21. The smallest absolute Gasteiger partial charge is 0.323 e. The Bertz CT molecular complexity index is 1060. The van der Waals surface area contributed by atoms with Gasteiger partial charge in [0, 0.05) is 23.8 Å². The molecular formula is C45H79NO8S. The van der Waals surface area contributed by atoms with E-state index in [0.717, 1.165) is 38.0 Å². The zero-order valence-corrected chi connectivity index (χ0v) is 35.6. The summed E-state index contributed by atoms with van der Waals surface area (Å²) in [7, 11) is 0. The van der Waals surface area contributed by atoms with Gasteiger partial charge in [-0.05, 0) is 44.4 Å². The van der Waals surface area contributed by atoms with Gasteiger partial charge in [0.15, 0.2) is 0 Å². The number of carbonyl (C=O) groups is 3. The number of unbranched alkanes of at least 4 members (excludes halogenated alkanes) is 15. The maximum Gasteiger partial charge on any atom is 0.323 e. The first-order valence-corrected chi connectivity index (χ1v) is 22.5. The third kappa shape index (κ3) is 37.0. The van der Waals surface area contributed by atoms with E-state index in [-0.39, 0.29) is 37.8 Å². The van der Waals surface area contributed by atoms with Crippen LogP contribution in [0, 0.1) is 5.92 Å². The lowest BCUT2D eigenvalue weighted by Crippen LogP contribution is -2.38. The number of hydrogen-bond acceptors (Lipinski definition) is 9. The van der Waals surface area contributed by atoms with Crippen molar-refractivity contribution in [3.8, 4) is 0 Å². The fourth-order valence-electron chi connectivity index (χ4n) is 5.83. The number of rotatable bonds is 38. The van der Waals surface area contributed by atoms with Crippen molar-refractivity contribution in [2.75, 3.05) is 19.0 Å². The Kier molecular flexibility index (Phi) is 36.8. The second-order valence-corrected chi connectivity index (χ2v) is 16.4. The monoisotopic (exact) mass is 794 g/mol. The molecule has 4 atom stereocenters. The summed E-state index contributed by atoms with van der Waals surface area (Å²) in [6.07, 6.45) is 37.7. The first kappa shape index (κ1) is 52.6. The van der Waals surface area contributed by atoms with E-state index < -0.39 is 35.4 Å². The predicted molar refractivity (Wildman–Crippen MR) is 229 cm³/mol. The molecule has 55 heavy (non-hydrogen) atoms. The lowest BCUT2D eigenvalue weighted by atomic mass is 10.0. The zero-order chi connectivity index (χ0) is 40.8. The number of carboxylic acid groups (broad SMARTS) is 1. The summed E-state index contributed by atoms with van der Waals surface area (Å²) in [4.78, 5) is 35.6. The average Bonchev–Trinajstić information content (AvgIpc) is 3.15. The Morgan fingerprint density at radius 2 is 1.27 bits per heavy atom. The Balaban J connectivity index is 4.28. The first-order valence-electron chi connectivity index (χ1n) is 21.5. The summed E-state index contributed by atoms with van der Waals surface area (Å²) in [5.74, 6) is -1.04. The number of esters is 2. The number of aliphatic carboxylic acids is 1. The van der Waals surface area contributed by atoms with Crippen LogP contribution in [0.2, 0.25) is 0 Å². The standard InChI is InChI=1S/C45H79NO8S/c1-4-5-6-7-8-9-10-15-18-21-24-27-32-42(41(48)31-29-33-43(49)50)55-37-40(46)45(52)54-36-39(47)35-53-44(51)34-28-25-22-19-16-13-11-12-14-17-20-23-26-30-38(2)3/h8-9,15,18,21,24,27,32,38-42,47-48H,4-7,10-14,16-17,19-20,22-23,25-26,28-31,33-37,46H2,1-3H3,(H,49,50)/b9-8-,18-15-,24-21+,32-27+/t39-,40+,41+,42-/m1/s1. The van der Waals surface area contributed by atoms with Crippen LogP contribution in [-0.4, -0.2) is 75.7 Å². The first-order chi connectivity index (χ1) is 26.6. The predicted octanol–water partition coefficient (Wildman–Crippen LogP) is 10.2. The zero-order valence-electron chi connectivity index (χ0n) is 34.8. The van der Waals surface area contributed by atoms with E-state index in [0.29, 0.717) is 12.8 Å². The molecule has 0 amide bonds. The SMILES string of the molecule is CCCCC/C=C\C\C=C/C=C/C=C/[C@@H](SC[C@H](N)C(=O)OC[C@H](O)COC(=O)CCCCCCCCCCCCCCCC(C)C)[C@@H](O)CCCC(=O)O. The molecule has 0 bridgehead atoms. The van der Waals surface area contributed by atoms with Crippen LogP contribution in [-0.2, 0) is 23.9 Å². The molecule has 9 nitrogen and oxygen atoms in total. The summed E-state index contributed by atoms with van der Waals surface area (Å²) >= 11 is 1.27. The summed E-state index contributed by atoms with van der Waals surface area (Å²) in [5, 5.41) is 29.5. The number of carboxylic acids is 1. The third-order valence-corrected chi connectivity index (χ3v) is 10.6. The van der Waals surface area contributed by atoms with Crippen molar-refractivity contribution in [1.29, 1.82) is 0 Å². The molecule has 0 heterocycles. The van der Waals surface area contributed by atoms with Crippen LogP contribution >= 0.6 is 11.8 Å². The van der Waals surface area contributed by atoms with E-state index in [1.165, 1.54) is 102 Å². The number of hydrogen-bond donors (Lipinski definition) is 4. The van der Waals surface area contributed by atoms with Crippen LogP contribution < -0.4 is 5.73 Å². The molecule has 0 rings (SSSR count). The highest BCUT2D eigenvalue weighted by Crippen LogP contribution is 2.22. The number of aliphatic hydroxyl groups is 2. The van der Waals surface area contributed by atoms with Crippen LogP contribution in [0.5, 0.6) is 0 Å². The highest BCUT2D eigenvalue weighted by molar-refractivity contribution is 8.00. The van der Waals surface area contributed by atoms with Gasteiger partial charge in [-0.3, -0.25) is 14.4 Å². The van der Waals surface area contributed by atoms with Gasteiger partial charge in [0.1, 0.15) is 25.4 Å². The minimum absolute atomic E-state index is 0.0431. The minimum Gasteiger partial charge on any atom is -0.481 e. The summed E-state index contributed by atoms with van der Waals surface area (Å²) < 4.78 is 10.3. The van der Waals surface area contributed by atoms with Gasteiger partial charge in [0.05, 0.1) is 6.10 Å². The van der Waals surface area contributed by atoms with Gasteiger partial charge in [-0.25, -0.2) is 0 Å². The summed E-state index contributed by atoms with van der Waals surface area (Å²) in [6, 6.07) is -1.01. The maximum atomic E-state index is 12.5. The van der Waals surface area contributed by atoms with Crippen molar-refractivity contribution < 1.29 is 39.2 Å². The van der Waals surface area contributed by atoms with E-state index in [1.54, 1.807) is 0 Å². The Morgan fingerprint density at radius 3 is 1.89 bits per heavy atom. The normalized spacial score (nSPS) is 14.4. The molecule has 0 aromatic heterocycles. The second kappa shape index (κ2) is 38.5. The molecule has 5 N–H and O–H groups in total. The Hall–Kier alpha value is -2.40. The average molecular weight is 794 g/mol. The minimum atomic E-state index is -1.16. The highest BCUT2D eigenvalue weighted by Gasteiger charge is 2.23. The van der Waals surface area contributed by atoms with Crippen molar-refractivity contribution in [3.63, 3.8) is 0 Å². The van der Waals surface area contributed by atoms with Crippen molar-refractivity contribution in [3.05, 3.63) is 48.6 Å². The molecule has 318 valence electrons. The molecule has 0 radical (unpaired) electrons. The number of carbonyl (C=O) groups excluding carboxylic acids is 2. The number of aliphatic hydroxyl groups excluding tert-OH is 2. The molecule has 0 aliphatic rings. The molecule has 0 saturated carbocycles. The van der Waals surface area contributed by atoms with Gasteiger partial charge in [-0.1, -0.05) is 166 Å². The number of ether oxygens (including phenoxy) is 2. The van der Waals surface area contributed by atoms with Gasteiger partial charge >= 0.3 is 17.9 Å². The number of nitrogens with two attached hydrogens (primary N) is 1. The van der Waals surface area contributed by atoms with Crippen molar-refractivity contribution in [1.82, 2.24) is 0 Å². The fourth-order valence-corrected chi connectivity index (χ4v) is 6.96. The molecule has 0 aliphatic heterocycles. The largest absolute Gasteiger partial charge is 0.481 e. The summed E-state index contributed by atoms with van der Waals surface area (Å²) in [6.45, 7) is 6.17. The number of thioether (sulfide) groups is 1. The van der Waals surface area contributed by atoms with Crippen molar-refractivity contribution in [2.24, 2.45) is 11.7 Å².